The van der Waals surface area contributed by atoms with E-state index in [-0.39, 0.29) is 38.6 Å². The summed E-state index contributed by atoms with van der Waals surface area (Å²) in [5.74, 6) is -2.16. The summed E-state index contributed by atoms with van der Waals surface area (Å²) in [6.45, 7) is 1.15. The van der Waals surface area contributed by atoms with E-state index in [4.69, 9.17) is 34.8 Å². The number of halogens is 7. The van der Waals surface area contributed by atoms with Crippen LogP contribution in [0.5, 0.6) is 0 Å². The van der Waals surface area contributed by atoms with Gasteiger partial charge in [-0.3, -0.25) is 15.2 Å². The molecule has 0 atom stereocenters. The minimum atomic E-state index is -4.69. The molecule has 0 fully saturated rings. The molecule has 1 amide bonds. The van der Waals surface area contributed by atoms with Crippen molar-refractivity contribution >= 4 is 58.2 Å². The van der Waals surface area contributed by atoms with Gasteiger partial charge in [-0.05, 0) is 43.3 Å². The van der Waals surface area contributed by atoms with E-state index in [1.807, 2.05) is 5.10 Å². The molecule has 0 aliphatic carbocycles. The van der Waals surface area contributed by atoms with E-state index >= 15 is 0 Å². The smallest absolute Gasteiger partial charge is 0.325 e. The van der Waals surface area contributed by atoms with Crippen molar-refractivity contribution in [2.24, 2.45) is 4.99 Å². The Hall–Kier alpha value is -2.82. The summed E-state index contributed by atoms with van der Waals surface area (Å²) in [6, 6.07) is 7.51. The molecule has 3 aromatic rings. The van der Waals surface area contributed by atoms with Gasteiger partial charge in [-0.15, -0.1) is 0 Å². The van der Waals surface area contributed by atoms with Crippen molar-refractivity contribution in [1.29, 1.82) is 0 Å². The zero-order chi connectivity index (χ0) is 23.6. The second kappa shape index (κ2) is 9.35. The highest BCUT2D eigenvalue weighted by molar-refractivity contribution is 6.37. The van der Waals surface area contributed by atoms with E-state index < -0.39 is 23.6 Å². The number of hydrogen-bond donors (Lipinski definition) is 3. The lowest BCUT2D eigenvalue weighted by Crippen LogP contribution is -2.36. The van der Waals surface area contributed by atoms with Crippen molar-refractivity contribution in [1.82, 2.24) is 15.5 Å². The van der Waals surface area contributed by atoms with Gasteiger partial charge in [0.15, 0.2) is 5.82 Å². The lowest BCUT2D eigenvalue weighted by molar-refractivity contribution is -0.141. The molecule has 3 rings (SSSR count). The number of H-pyrrole nitrogens is 1. The Balaban J connectivity index is 2.00. The van der Waals surface area contributed by atoms with E-state index in [2.05, 4.69) is 20.7 Å². The van der Waals surface area contributed by atoms with Gasteiger partial charge in [0, 0.05) is 21.3 Å². The molecule has 0 bridgehead atoms. The van der Waals surface area contributed by atoms with Gasteiger partial charge in [0.05, 0.1) is 10.6 Å². The first kappa shape index (κ1) is 23.8. The fraction of sp³-hybridized carbons (Fsp3) is 0.105. The number of aromatic nitrogens is 2. The monoisotopic (exact) mass is 507 g/mol. The molecule has 0 spiro atoms. The summed E-state index contributed by atoms with van der Waals surface area (Å²) in [5.41, 5.74) is -1.33. The van der Waals surface area contributed by atoms with Crippen LogP contribution in [0, 0.1) is 12.7 Å². The number of rotatable bonds is 3. The molecule has 32 heavy (non-hydrogen) atoms. The van der Waals surface area contributed by atoms with Crippen LogP contribution in [-0.2, 0) is 6.18 Å². The number of aliphatic imine (C=N–C) groups is 1. The Kier molecular flexibility index (Phi) is 6.97. The first-order valence-electron chi connectivity index (χ1n) is 8.64. The molecule has 0 aliphatic heterocycles. The molecule has 2 aromatic carbocycles. The lowest BCUT2D eigenvalue weighted by Gasteiger charge is -2.13. The quantitative estimate of drug-likeness (QED) is 0.219. The number of amides is 1. The standard InChI is InChI=1S/C19H12Cl3F4N5O/c1-8-15(19(24,25)26)30-31-16(8)28-18(27-12-5-10(21)4-11(23)7-12)29-17(32)13-3-2-9(20)6-14(13)22/h2-7H,1H3,(H3,27,28,29,30,31,32). The number of carbonyl (C=O) groups is 1. The summed E-state index contributed by atoms with van der Waals surface area (Å²) < 4.78 is 52.9. The summed E-state index contributed by atoms with van der Waals surface area (Å²) in [5, 5.41) is 10.7. The summed E-state index contributed by atoms with van der Waals surface area (Å²) in [7, 11) is 0. The Morgan fingerprint density at radius 1 is 1.09 bits per heavy atom. The molecular weight excluding hydrogens is 497 g/mol. The van der Waals surface area contributed by atoms with Crippen LogP contribution in [0.2, 0.25) is 15.1 Å². The van der Waals surface area contributed by atoms with Gasteiger partial charge in [-0.1, -0.05) is 34.8 Å². The van der Waals surface area contributed by atoms with Crippen LogP contribution in [0.4, 0.5) is 29.1 Å². The van der Waals surface area contributed by atoms with Crippen LogP contribution in [0.3, 0.4) is 0 Å². The maximum absolute atomic E-state index is 13.7. The molecule has 168 valence electrons. The predicted molar refractivity (Wildman–Crippen MR) is 114 cm³/mol. The number of nitrogens with zero attached hydrogens (tertiary/aromatic N) is 2. The van der Waals surface area contributed by atoms with Crippen LogP contribution in [0.25, 0.3) is 0 Å². The Morgan fingerprint density at radius 3 is 2.41 bits per heavy atom. The molecule has 3 N–H and O–H groups in total. The normalized spacial score (nSPS) is 12.1. The highest BCUT2D eigenvalue weighted by Crippen LogP contribution is 2.33. The zero-order valence-electron chi connectivity index (χ0n) is 15.9. The number of hydrogen-bond acceptors (Lipinski definition) is 3. The van der Waals surface area contributed by atoms with Crippen molar-refractivity contribution in [3.05, 3.63) is 74.1 Å². The van der Waals surface area contributed by atoms with Crippen molar-refractivity contribution < 1.29 is 22.4 Å². The predicted octanol–water partition coefficient (Wildman–Crippen LogP) is 6.37. The fourth-order valence-corrected chi connectivity index (χ4v) is 3.29. The molecule has 0 aliphatic rings. The van der Waals surface area contributed by atoms with Crippen LogP contribution < -0.4 is 10.6 Å². The minimum Gasteiger partial charge on any atom is -0.325 e. The fourth-order valence-electron chi connectivity index (χ4n) is 2.58. The van der Waals surface area contributed by atoms with E-state index in [0.29, 0.717) is 5.02 Å². The second-order valence-corrected chi connectivity index (χ2v) is 7.65. The highest BCUT2D eigenvalue weighted by atomic mass is 35.5. The van der Waals surface area contributed by atoms with Gasteiger partial charge in [0.2, 0.25) is 5.96 Å². The van der Waals surface area contributed by atoms with Crippen LogP contribution in [-0.4, -0.2) is 22.1 Å². The molecule has 6 nitrogen and oxygen atoms in total. The van der Waals surface area contributed by atoms with Gasteiger partial charge in [0.1, 0.15) is 11.5 Å². The maximum Gasteiger partial charge on any atom is 0.433 e. The lowest BCUT2D eigenvalue weighted by atomic mass is 10.2. The van der Waals surface area contributed by atoms with Gasteiger partial charge >= 0.3 is 6.18 Å². The number of guanidine groups is 1. The van der Waals surface area contributed by atoms with E-state index in [0.717, 1.165) is 19.1 Å². The molecule has 1 aromatic heterocycles. The third-order valence-corrected chi connectivity index (χ3v) is 4.78. The van der Waals surface area contributed by atoms with Gasteiger partial charge in [-0.2, -0.15) is 23.3 Å². The van der Waals surface area contributed by atoms with Gasteiger partial charge < -0.3 is 5.32 Å². The molecule has 1 heterocycles. The van der Waals surface area contributed by atoms with Gasteiger partial charge in [-0.25, -0.2) is 4.39 Å². The van der Waals surface area contributed by atoms with Crippen LogP contribution >= 0.6 is 34.8 Å². The zero-order valence-corrected chi connectivity index (χ0v) is 18.2. The van der Waals surface area contributed by atoms with Crippen molar-refractivity contribution in [3.8, 4) is 0 Å². The SMILES string of the molecule is Cc1c(N=C(NC(=O)c2ccc(Cl)cc2Cl)Nc2cc(F)cc(Cl)c2)n[nH]c1C(F)(F)F. The number of carbonyl (C=O) groups excluding carboxylic acids is 1. The average Bonchev–Trinajstić information content (AvgIpc) is 3.01. The van der Waals surface area contributed by atoms with Crippen LogP contribution in [0.15, 0.2) is 41.4 Å². The molecule has 0 radical (unpaired) electrons. The van der Waals surface area contributed by atoms with Gasteiger partial charge in [0.25, 0.3) is 5.91 Å². The second-order valence-electron chi connectivity index (χ2n) is 6.37. The van der Waals surface area contributed by atoms with Crippen molar-refractivity contribution in [3.63, 3.8) is 0 Å². The minimum absolute atomic E-state index is 0.0116. The van der Waals surface area contributed by atoms with E-state index in [1.165, 1.54) is 24.3 Å². The average molecular weight is 509 g/mol. The molecular formula is C19H12Cl3F4N5O. The largest absolute Gasteiger partial charge is 0.433 e. The third kappa shape index (κ3) is 5.70. The van der Waals surface area contributed by atoms with Crippen molar-refractivity contribution in [2.45, 2.75) is 13.1 Å². The Labute approximate surface area is 193 Å². The van der Waals surface area contributed by atoms with E-state index in [1.54, 1.807) is 0 Å². The summed E-state index contributed by atoms with van der Waals surface area (Å²) >= 11 is 17.7. The molecule has 0 saturated carbocycles. The topological polar surface area (TPSA) is 82.2 Å². The Morgan fingerprint density at radius 2 is 1.81 bits per heavy atom. The van der Waals surface area contributed by atoms with E-state index in [9.17, 15) is 22.4 Å². The number of anilines is 1. The number of benzene rings is 2. The highest BCUT2D eigenvalue weighted by Gasteiger charge is 2.36. The molecule has 13 heteroatoms. The summed E-state index contributed by atoms with van der Waals surface area (Å²) in [4.78, 5) is 16.6. The summed E-state index contributed by atoms with van der Waals surface area (Å²) in [6.07, 6.45) is -4.69. The number of nitrogens with one attached hydrogen (secondary N) is 3. The maximum atomic E-state index is 13.7. The third-order valence-electron chi connectivity index (χ3n) is 4.02. The Bertz CT molecular complexity index is 1190. The first-order valence-corrected chi connectivity index (χ1v) is 9.78. The first-order chi connectivity index (χ1) is 14.9. The molecule has 0 unspecified atom stereocenters. The van der Waals surface area contributed by atoms with Crippen molar-refractivity contribution in [2.75, 3.05) is 5.32 Å². The number of alkyl halides is 3. The van der Waals surface area contributed by atoms with Crippen LogP contribution in [0.1, 0.15) is 21.6 Å². The number of aromatic amines is 1. The molecule has 0 saturated heterocycles.